The highest BCUT2D eigenvalue weighted by atomic mass is 32.2. The van der Waals surface area contributed by atoms with Crippen molar-refractivity contribution in [2.75, 3.05) is 0 Å². The second-order valence-electron chi connectivity index (χ2n) is 6.70. The van der Waals surface area contributed by atoms with Gasteiger partial charge in [0.25, 0.3) is 10.0 Å². The maximum atomic E-state index is 13.0. The van der Waals surface area contributed by atoms with Crippen LogP contribution >= 0.6 is 0 Å². The van der Waals surface area contributed by atoms with E-state index in [4.69, 9.17) is 4.74 Å². The Morgan fingerprint density at radius 3 is 2.63 bits per heavy atom. The van der Waals surface area contributed by atoms with E-state index in [-0.39, 0.29) is 22.7 Å². The summed E-state index contributed by atoms with van der Waals surface area (Å²) < 4.78 is 34.3. The van der Waals surface area contributed by atoms with Crippen molar-refractivity contribution >= 4 is 26.6 Å². The van der Waals surface area contributed by atoms with Crippen LogP contribution in [0.2, 0.25) is 0 Å². The van der Waals surface area contributed by atoms with E-state index >= 15 is 0 Å². The van der Waals surface area contributed by atoms with Crippen LogP contribution in [0.15, 0.2) is 82.6 Å². The van der Waals surface area contributed by atoms with E-state index in [2.05, 4.69) is 4.72 Å². The number of allylic oxidation sites excluding steroid dienone is 2. The fourth-order valence-corrected chi connectivity index (χ4v) is 5.00. The van der Waals surface area contributed by atoms with Crippen LogP contribution < -0.4 is 4.72 Å². The molecular formula is C21H19NO4S. The van der Waals surface area contributed by atoms with Crippen molar-refractivity contribution in [3.8, 4) is 0 Å². The number of sulfonamides is 1. The molecule has 0 fully saturated rings. The molecule has 2 aromatic rings. The van der Waals surface area contributed by atoms with Gasteiger partial charge in [0.1, 0.15) is 11.9 Å². The van der Waals surface area contributed by atoms with E-state index in [0.717, 1.165) is 5.39 Å². The molecule has 1 heterocycles. The molecule has 0 bridgehead atoms. The molecule has 0 amide bonds. The second kappa shape index (κ2) is 6.39. The van der Waals surface area contributed by atoms with Gasteiger partial charge in [-0.05, 0) is 43.5 Å². The summed E-state index contributed by atoms with van der Waals surface area (Å²) in [5, 5.41) is 1.52. The van der Waals surface area contributed by atoms with E-state index in [1.54, 1.807) is 43.4 Å². The number of ether oxygens (including phenoxy) is 1. The predicted molar refractivity (Wildman–Crippen MR) is 103 cm³/mol. The zero-order valence-corrected chi connectivity index (χ0v) is 15.8. The number of rotatable bonds is 4. The molecule has 6 heteroatoms. The van der Waals surface area contributed by atoms with Crippen molar-refractivity contribution in [2.24, 2.45) is 5.92 Å². The maximum Gasteiger partial charge on any atom is 0.262 e. The summed E-state index contributed by atoms with van der Waals surface area (Å²) in [6, 6.07) is 12.5. The lowest BCUT2D eigenvalue weighted by Crippen LogP contribution is -2.27. The SMILES string of the molecule is CC(=O)C1=C(C)O[C@@H]2C=CC(NS(=O)(=O)c3cccc4ccccc34)=C[C@@H]12. The van der Waals surface area contributed by atoms with Gasteiger partial charge < -0.3 is 4.74 Å². The summed E-state index contributed by atoms with van der Waals surface area (Å²) in [6.07, 6.45) is 4.95. The quantitative estimate of drug-likeness (QED) is 0.880. The van der Waals surface area contributed by atoms with Crippen LogP contribution in [0.5, 0.6) is 0 Å². The van der Waals surface area contributed by atoms with Crippen molar-refractivity contribution in [1.82, 2.24) is 4.72 Å². The van der Waals surface area contributed by atoms with Crippen LogP contribution in [0.4, 0.5) is 0 Å². The maximum absolute atomic E-state index is 13.0. The minimum absolute atomic E-state index is 0.0668. The third kappa shape index (κ3) is 3.06. The number of fused-ring (bicyclic) bond motifs is 2. The predicted octanol–water partition coefficient (Wildman–Crippen LogP) is 3.45. The average molecular weight is 381 g/mol. The highest BCUT2D eigenvalue weighted by molar-refractivity contribution is 7.89. The van der Waals surface area contributed by atoms with Gasteiger partial charge in [0.2, 0.25) is 0 Å². The summed E-state index contributed by atoms with van der Waals surface area (Å²) in [6.45, 7) is 3.26. The Morgan fingerprint density at radius 1 is 1.11 bits per heavy atom. The molecule has 5 nitrogen and oxygen atoms in total. The molecule has 2 atom stereocenters. The Labute approximate surface area is 158 Å². The van der Waals surface area contributed by atoms with E-state index < -0.39 is 10.0 Å². The number of carbonyl (C=O) groups is 1. The molecule has 0 saturated carbocycles. The van der Waals surface area contributed by atoms with Crippen LogP contribution in [0, 0.1) is 5.92 Å². The molecule has 1 aliphatic carbocycles. The number of benzene rings is 2. The van der Waals surface area contributed by atoms with E-state index in [0.29, 0.717) is 22.4 Å². The van der Waals surface area contributed by atoms with Crippen LogP contribution in [0.3, 0.4) is 0 Å². The molecule has 1 aliphatic heterocycles. The summed E-state index contributed by atoms with van der Waals surface area (Å²) in [5.74, 6) is 0.247. The molecule has 4 rings (SSSR count). The minimum Gasteiger partial charge on any atom is -0.490 e. The Balaban J connectivity index is 1.69. The monoisotopic (exact) mass is 381 g/mol. The van der Waals surface area contributed by atoms with Crippen molar-refractivity contribution in [3.63, 3.8) is 0 Å². The number of ketones is 1. The normalized spacial score (nSPS) is 21.6. The number of hydrogen-bond donors (Lipinski definition) is 1. The molecule has 0 aromatic heterocycles. The van der Waals surface area contributed by atoms with E-state index in [1.165, 1.54) is 6.92 Å². The zero-order chi connectivity index (χ0) is 19.2. The van der Waals surface area contributed by atoms with Gasteiger partial charge in [0, 0.05) is 16.7 Å². The van der Waals surface area contributed by atoms with Crippen LogP contribution in [-0.2, 0) is 19.6 Å². The minimum atomic E-state index is -3.78. The lowest BCUT2D eigenvalue weighted by atomic mass is 9.88. The van der Waals surface area contributed by atoms with Gasteiger partial charge in [-0.2, -0.15) is 0 Å². The van der Waals surface area contributed by atoms with Gasteiger partial charge in [-0.15, -0.1) is 0 Å². The Bertz CT molecular complexity index is 1140. The topological polar surface area (TPSA) is 72.5 Å². The first-order chi connectivity index (χ1) is 12.9. The molecule has 2 aliphatic rings. The fourth-order valence-electron chi connectivity index (χ4n) is 3.72. The van der Waals surface area contributed by atoms with E-state index in [1.807, 2.05) is 24.3 Å². The molecule has 1 N–H and O–H groups in total. The smallest absolute Gasteiger partial charge is 0.262 e. The third-order valence-corrected chi connectivity index (χ3v) is 6.31. The Morgan fingerprint density at radius 2 is 1.85 bits per heavy atom. The third-order valence-electron chi connectivity index (χ3n) is 4.87. The standard InChI is InChI=1S/C21H19NO4S/c1-13(23)21-14(2)26-19-11-10-16(12-18(19)21)22-27(24,25)20-9-5-7-15-6-3-4-8-17(15)20/h3-12,18-19,22H,1-2H3/t18-,19-/m1/s1. The van der Waals surface area contributed by atoms with Gasteiger partial charge in [-0.25, -0.2) is 8.42 Å². The summed E-state index contributed by atoms with van der Waals surface area (Å²) in [7, 11) is -3.78. The van der Waals surface area contributed by atoms with Crippen molar-refractivity contribution in [3.05, 3.63) is 77.7 Å². The molecule has 0 unspecified atom stereocenters. The Kier molecular flexibility index (Phi) is 4.15. The highest BCUT2D eigenvalue weighted by Crippen LogP contribution is 2.36. The summed E-state index contributed by atoms with van der Waals surface area (Å²) in [5.41, 5.74) is 1.02. The summed E-state index contributed by atoms with van der Waals surface area (Å²) in [4.78, 5) is 12.2. The number of nitrogens with one attached hydrogen (secondary N) is 1. The molecular weight excluding hydrogens is 362 g/mol. The van der Waals surface area contributed by atoms with Gasteiger partial charge in [0.05, 0.1) is 10.8 Å². The highest BCUT2D eigenvalue weighted by Gasteiger charge is 2.36. The van der Waals surface area contributed by atoms with Gasteiger partial charge >= 0.3 is 0 Å². The van der Waals surface area contributed by atoms with Crippen molar-refractivity contribution < 1.29 is 17.9 Å². The lowest BCUT2D eigenvalue weighted by molar-refractivity contribution is -0.113. The molecule has 0 saturated heterocycles. The first-order valence-corrected chi connectivity index (χ1v) is 10.1. The van der Waals surface area contributed by atoms with Gasteiger partial charge in [-0.3, -0.25) is 9.52 Å². The lowest BCUT2D eigenvalue weighted by Gasteiger charge is -2.21. The van der Waals surface area contributed by atoms with Crippen LogP contribution in [-0.4, -0.2) is 20.3 Å². The molecule has 0 spiro atoms. The number of carbonyl (C=O) groups excluding carboxylic acids is 1. The fraction of sp³-hybridized carbons (Fsp3) is 0.190. The van der Waals surface area contributed by atoms with Gasteiger partial charge in [-0.1, -0.05) is 36.4 Å². The second-order valence-corrected chi connectivity index (χ2v) is 8.35. The van der Waals surface area contributed by atoms with Crippen molar-refractivity contribution in [1.29, 1.82) is 0 Å². The first-order valence-electron chi connectivity index (χ1n) is 8.66. The molecule has 2 aromatic carbocycles. The van der Waals surface area contributed by atoms with Crippen LogP contribution in [0.1, 0.15) is 13.8 Å². The van der Waals surface area contributed by atoms with Crippen LogP contribution in [0.25, 0.3) is 10.8 Å². The first kappa shape index (κ1) is 17.5. The zero-order valence-electron chi connectivity index (χ0n) is 15.0. The molecule has 138 valence electrons. The Hall–Kier alpha value is -2.86. The number of Topliss-reactive ketones (excluding diaryl/α,β-unsaturated/α-hetero) is 1. The average Bonchev–Trinajstić information content (AvgIpc) is 2.96. The van der Waals surface area contributed by atoms with Gasteiger partial charge in [0.15, 0.2) is 5.78 Å². The largest absolute Gasteiger partial charge is 0.490 e. The molecule has 27 heavy (non-hydrogen) atoms. The summed E-state index contributed by atoms with van der Waals surface area (Å²) >= 11 is 0. The molecule has 0 radical (unpaired) electrons. The number of hydrogen-bond acceptors (Lipinski definition) is 4. The van der Waals surface area contributed by atoms with E-state index in [9.17, 15) is 13.2 Å². The van der Waals surface area contributed by atoms with Crippen molar-refractivity contribution in [2.45, 2.75) is 24.8 Å².